The molecule has 0 radical (unpaired) electrons. The summed E-state index contributed by atoms with van der Waals surface area (Å²) in [6.45, 7) is 7.90. The van der Waals surface area contributed by atoms with Gasteiger partial charge in [0.15, 0.2) is 5.11 Å². The molecule has 0 aromatic heterocycles. The van der Waals surface area contributed by atoms with E-state index < -0.39 is 5.97 Å². The summed E-state index contributed by atoms with van der Waals surface area (Å²) in [6.07, 6.45) is 3.39. The smallest absolute Gasteiger partial charge is 0.306 e. The van der Waals surface area contributed by atoms with Crippen LogP contribution in [0.25, 0.3) is 0 Å². The standard InChI is InChI=1S/C25H32N2O2S/c1-17-8-9-19(3)23(14-17)26-25(30)27(16-22-7-5-4-6-18(22)2)15-20-10-12-21(13-11-20)24(28)29/h4-9,14,20-21H,10-13,15-16H2,1-3H3,(H,26,30)(H,28,29). The van der Waals surface area contributed by atoms with Crippen molar-refractivity contribution in [2.75, 3.05) is 11.9 Å². The summed E-state index contributed by atoms with van der Waals surface area (Å²) in [5.41, 5.74) is 5.93. The highest BCUT2D eigenvalue weighted by Crippen LogP contribution is 2.30. The summed E-state index contributed by atoms with van der Waals surface area (Å²) in [7, 11) is 0. The number of nitrogens with one attached hydrogen (secondary N) is 1. The van der Waals surface area contributed by atoms with E-state index in [4.69, 9.17) is 12.2 Å². The average molecular weight is 425 g/mol. The molecule has 30 heavy (non-hydrogen) atoms. The second-order valence-corrected chi connectivity index (χ2v) is 9.00. The Morgan fingerprint density at radius 2 is 1.77 bits per heavy atom. The van der Waals surface area contributed by atoms with E-state index in [1.54, 1.807) is 0 Å². The van der Waals surface area contributed by atoms with Gasteiger partial charge in [0.25, 0.3) is 0 Å². The van der Waals surface area contributed by atoms with Crippen LogP contribution in [0.5, 0.6) is 0 Å². The van der Waals surface area contributed by atoms with Crippen LogP contribution >= 0.6 is 12.2 Å². The number of aliphatic carboxylic acids is 1. The predicted molar refractivity (Wildman–Crippen MR) is 127 cm³/mol. The van der Waals surface area contributed by atoms with Crippen molar-refractivity contribution in [3.63, 3.8) is 0 Å². The van der Waals surface area contributed by atoms with Gasteiger partial charge < -0.3 is 15.3 Å². The van der Waals surface area contributed by atoms with Crippen molar-refractivity contribution >= 4 is 29.0 Å². The Morgan fingerprint density at radius 1 is 1.07 bits per heavy atom. The van der Waals surface area contributed by atoms with Crippen molar-refractivity contribution in [1.82, 2.24) is 4.90 Å². The van der Waals surface area contributed by atoms with Gasteiger partial charge in [-0.1, -0.05) is 36.4 Å². The number of rotatable bonds is 6. The van der Waals surface area contributed by atoms with Gasteiger partial charge in [0.2, 0.25) is 0 Å². The third-order valence-corrected chi connectivity index (χ3v) is 6.58. The SMILES string of the molecule is Cc1ccc(C)c(NC(=S)N(Cc2ccccc2C)CC2CCC(C(=O)O)CC2)c1. The molecule has 2 N–H and O–H groups in total. The van der Waals surface area contributed by atoms with Crippen molar-refractivity contribution in [2.45, 2.75) is 53.0 Å². The maximum Gasteiger partial charge on any atom is 0.306 e. The Kier molecular flexibility index (Phi) is 7.48. The number of thiocarbonyl (C=S) groups is 1. The number of carboxylic acids is 1. The molecule has 4 nitrogen and oxygen atoms in total. The molecule has 1 aliphatic rings. The fraction of sp³-hybridized carbons (Fsp3) is 0.440. The van der Waals surface area contributed by atoms with Gasteiger partial charge in [-0.2, -0.15) is 0 Å². The summed E-state index contributed by atoms with van der Waals surface area (Å²) >= 11 is 5.86. The summed E-state index contributed by atoms with van der Waals surface area (Å²) < 4.78 is 0. The lowest BCUT2D eigenvalue weighted by molar-refractivity contribution is -0.143. The Morgan fingerprint density at radius 3 is 2.43 bits per heavy atom. The van der Waals surface area contributed by atoms with E-state index in [1.165, 1.54) is 22.3 Å². The summed E-state index contributed by atoms with van der Waals surface area (Å²) in [5, 5.41) is 13.5. The van der Waals surface area contributed by atoms with Crippen molar-refractivity contribution in [3.05, 3.63) is 64.7 Å². The second kappa shape index (κ2) is 10.1. The molecular weight excluding hydrogens is 392 g/mol. The van der Waals surface area contributed by atoms with Crippen molar-refractivity contribution in [1.29, 1.82) is 0 Å². The van der Waals surface area contributed by atoms with Crippen LogP contribution in [0.15, 0.2) is 42.5 Å². The van der Waals surface area contributed by atoms with Gasteiger partial charge in [0.05, 0.1) is 5.92 Å². The van der Waals surface area contributed by atoms with Gasteiger partial charge in [-0.15, -0.1) is 0 Å². The van der Waals surface area contributed by atoms with Crippen molar-refractivity contribution < 1.29 is 9.90 Å². The molecule has 3 rings (SSSR count). The van der Waals surface area contributed by atoms with Crippen LogP contribution in [0.1, 0.15) is 47.9 Å². The van der Waals surface area contributed by atoms with Crippen LogP contribution in [-0.4, -0.2) is 27.6 Å². The molecule has 0 amide bonds. The van der Waals surface area contributed by atoms with Crippen LogP contribution in [0.3, 0.4) is 0 Å². The Labute approximate surface area is 185 Å². The predicted octanol–water partition coefficient (Wildman–Crippen LogP) is 5.70. The van der Waals surface area contributed by atoms with E-state index in [1.807, 2.05) is 0 Å². The van der Waals surface area contributed by atoms with Gasteiger partial charge in [0, 0.05) is 18.8 Å². The van der Waals surface area contributed by atoms with E-state index in [9.17, 15) is 9.90 Å². The summed E-state index contributed by atoms with van der Waals surface area (Å²) in [5.74, 6) is -0.383. The lowest BCUT2D eigenvalue weighted by Crippen LogP contribution is -2.39. The highest BCUT2D eigenvalue weighted by molar-refractivity contribution is 7.80. The number of aryl methyl sites for hydroxylation is 3. The molecule has 1 saturated carbocycles. The minimum atomic E-state index is -0.655. The quantitative estimate of drug-likeness (QED) is 0.583. The van der Waals surface area contributed by atoms with Gasteiger partial charge in [-0.05, 0) is 92.9 Å². The molecule has 0 bridgehead atoms. The molecule has 0 spiro atoms. The highest BCUT2D eigenvalue weighted by atomic mass is 32.1. The Bertz CT molecular complexity index is 904. The first kappa shape index (κ1) is 22.3. The monoisotopic (exact) mass is 424 g/mol. The normalized spacial score (nSPS) is 18.6. The van der Waals surface area contributed by atoms with Crippen LogP contribution in [0.2, 0.25) is 0 Å². The number of anilines is 1. The zero-order valence-electron chi connectivity index (χ0n) is 18.1. The first-order valence-corrected chi connectivity index (χ1v) is 11.1. The van der Waals surface area contributed by atoms with Gasteiger partial charge in [-0.25, -0.2) is 0 Å². The zero-order valence-corrected chi connectivity index (χ0v) is 19.0. The Balaban J connectivity index is 1.75. The molecule has 2 aromatic rings. The highest BCUT2D eigenvalue weighted by Gasteiger charge is 2.27. The number of hydrogen-bond donors (Lipinski definition) is 2. The van der Waals surface area contributed by atoms with Gasteiger partial charge >= 0.3 is 5.97 Å². The molecular formula is C25H32N2O2S. The third kappa shape index (κ3) is 5.82. The molecule has 2 aromatic carbocycles. The molecule has 5 heteroatoms. The second-order valence-electron chi connectivity index (χ2n) is 8.61. The first-order valence-electron chi connectivity index (χ1n) is 10.7. The maximum atomic E-state index is 11.3. The molecule has 1 fully saturated rings. The maximum absolute atomic E-state index is 11.3. The summed E-state index contributed by atoms with van der Waals surface area (Å²) in [4.78, 5) is 13.5. The minimum Gasteiger partial charge on any atom is -0.481 e. The molecule has 0 aliphatic heterocycles. The van der Waals surface area contributed by atoms with Crippen LogP contribution in [0.4, 0.5) is 5.69 Å². The lowest BCUT2D eigenvalue weighted by Gasteiger charge is -2.33. The van der Waals surface area contributed by atoms with Crippen LogP contribution in [-0.2, 0) is 11.3 Å². The summed E-state index contributed by atoms with van der Waals surface area (Å²) in [6, 6.07) is 14.8. The molecule has 1 aliphatic carbocycles. The minimum absolute atomic E-state index is 0.189. The fourth-order valence-electron chi connectivity index (χ4n) is 4.18. The van der Waals surface area contributed by atoms with Crippen LogP contribution in [0, 0.1) is 32.6 Å². The van der Waals surface area contributed by atoms with E-state index in [-0.39, 0.29) is 5.92 Å². The lowest BCUT2D eigenvalue weighted by atomic mass is 9.82. The first-order chi connectivity index (χ1) is 14.3. The van der Waals surface area contributed by atoms with Crippen molar-refractivity contribution in [2.24, 2.45) is 11.8 Å². The van der Waals surface area contributed by atoms with E-state index in [0.29, 0.717) is 5.92 Å². The fourth-order valence-corrected chi connectivity index (χ4v) is 4.43. The van der Waals surface area contributed by atoms with E-state index in [0.717, 1.165) is 49.6 Å². The van der Waals surface area contributed by atoms with Crippen LogP contribution < -0.4 is 5.32 Å². The van der Waals surface area contributed by atoms with Gasteiger partial charge in [-0.3, -0.25) is 4.79 Å². The van der Waals surface area contributed by atoms with Crippen molar-refractivity contribution in [3.8, 4) is 0 Å². The molecule has 0 unspecified atom stereocenters. The van der Waals surface area contributed by atoms with E-state index in [2.05, 4.69) is 73.5 Å². The number of carbonyl (C=O) groups is 1. The molecule has 160 valence electrons. The van der Waals surface area contributed by atoms with Gasteiger partial charge in [0.1, 0.15) is 0 Å². The molecule has 0 heterocycles. The number of hydrogen-bond acceptors (Lipinski definition) is 2. The number of benzene rings is 2. The zero-order chi connectivity index (χ0) is 21.7. The molecule has 0 saturated heterocycles. The van der Waals surface area contributed by atoms with E-state index >= 15 is 0 Å². The average Bonchev–Trinajstić information content (AvgIpc) is 2.72. The molecule has 0 atom stereocenters. The number of carboxylic acid groups (broad SMARTS) is 1. The topological polar surface area (TPSA) is 52.6 Å². The third-order valence-electron chi connectivity index (χ3n) is 6.22. The number of nitrogens with zero attached hydrogens (tertiary/aromatic N) is 1. The Hall–Kier alpha value is -2.40. The largest absolute Gasteiger partial charge is 0.481 e.